The molecule has 0 spiro atoms. The lowest BCUT2D eigenvalue weighted by Gasteiger charge is -2.13. The lowest BCUT2D eigenvalue weighted by molar-refractivity contribution is 0.754. The van der Waals surface area contributed by atoms with Gasteiger partial charge in [0.25, 0.3) is 5.56 Å². The van der Waals surface area contributed by atoms with Gasteiger partial charge in [0.1, 0.15) is 11.7 Å². The Hall–Kier alpha value is -3.24. The third kappa shape index (κ3) is 2.84. The van der Waals surface area contributed by atoms with Crippen molar-refractivity contribution in [3.05, 3.63) is 87.0 Å². The van der Waals surface area contributed by atoms with Crippen molar-refractivity contribution in [3.8, 4) is 11.8 Å². The highest BCUT2D eigenvalue weighted by atomic mass is 79.9. The Bertz CT molecular complexity index is 1240. The van der Waals surface area contributed by atoms with Gasteiger partial charge in [0.15, 0.2) is 0 Å². The Labute approximate surface area is 163 Å². The number of fused-ring (bicyclic) bond motifs is 1. The van der Waals surface area contributed by atoms with Crippen LogP contribution in [-0.2, 0) is 7.05 Å². The van der Waals surface area contributed by atoms with E-state index in [0.29, 0.717) is 21.5 Å². The van der Waals surface area contributed by atoms with Gasteiger partial charge in [-0.3, -0.25) is 4.79 Å². The van der Waals surface area contributed by atoms with Gasteiger partial charge in [-0.2, -0.15) is 15.0 Å². The quantitative estimate of drug-likeness (QED) is 0.508. The third-order valence-electron chi connectivity index (χ3n) is 4.47. The van der Waals surface area contributed by atoms with E-state index >= 15 is 0 Å². The average molecular weight is 420 g/mol. The van der Waals surface area contributed by atoms with Gasteiger partial charge in [0.05, 0.1) is 33.5 Å². The number of nitrogens with zero attached hydrogens (tertiary/aromatic N) is 5. The highest BCUT2D eigenvalue weighted by Gasteiger charge is 2.25. The molecule has 2 heterocycles. The maximum Gasteiger partial charge on any atom is 0.286 e. The number of hydrogen-bond donors (Lipinski definition) is 0. The van der Waals surface area contributed by atoms with Crippen LogP contribution in [0.2, 0.25) is 0 Å². The predicted molar refractivity (Wildman–Crippen MR) is 106 cm³/mol. The largest absolute Gasteiger partial charge is 0.330 e. The van der Waals surface area contributed by atoms with Gasteiger partial charge >= 0.3 is 0 Å². The molecule has 1 atom stereocenters. The molecule has 4 aromatic rings. The zero-order valence-corrected chi connectivity index (χ0v) is 16.0. The molecule has 1 unspecified atom stereocenters. The number of benzene rings is 2. The number of halogens is 1. The minimum absolute atomic E-state index is 0.306. The van der Waals surface area contributed by atoms with Crippen molar-refractivity contribution in [1.29, 1.82) is 5.26 Å². The summed E-state index contributed by atoms with van der Waals surface area (Å²) in [4.78, 5) is 17.4. The van der Waals surface area contributed by atoms with Gasteiger partial charge in [-0.25, -0.2) is 4.98 Å². The van der Waals surface area contributed by atoms with E-state index in [0.717, 1.165) is 11.0 Å². The first-order valence-electron chi connectivity index (χ1n) is 8.26. The molecular weight excluding hydrogens is 406 g/mol. The van der Waals surface area contributed by atoms with Crippen molar-refractivity contribution >= 4 is 27.0 Å². The fraction of sp³-hybridized carbons (Fsp3) is 0.100. The Balaban J connectivity index is 1.86. The SMILES string of the molecule is Cn1c(C(C#N)c2cnn(-c3ccccc3)c(=O)c2Br)nc2ccccc21. The summed E-state index contributed by atoms with van der Waals surface area (Å²) in [5.74, 6) is -0.152. The number of hydrogen-bond acceptors (Lipinski definition) is 4. The molecule has 0 aliphatic carbocycles. The van der Waals surface area contributed by atoms with E-state index in [1.165, 1.54) is 4.68 Å². The Morgan fingerprint density at radius 2 is 1.81 bits per heavy atom. The van der Waals surface area contributed by atoms with E-state index in [2.05, 4.69) is 32.1 Å². The summed E-state index contributed by atoms with van der Waals surface area (Å²) in [6, 6.07) is 19.1. The summed E-state index contributed by atoms with van der Waals surface area (Å²) in [5, 5.41) is 14.1. The normalized spacial score (nSPS) is 12.0. The predicted octanol–water partition coefficient (Wildman–Crippen LogP) is 3.54. The molecule has 0 fully saturated rings. The second-order valence-electron chi connectivity index (χ2n) is 6.05. The van der Waals surface area contributed by atoms with E-state index in [1.54, 1.807) is 18.3 Å². The molecule has 2 aromatic carbocycles. The maximum absolute atomic E-state index is 12.8. The summed E-state index contributed by atoms with van der Waals surface area (Å²) >= 11 is 3.37. The third-order valence-corrected chi connectivity index (χ3v) is 5.26. The minimum Gasteiger partial charge on any atom is -0.330 e. The summed E-state index contributed by atoms with van der Waals surface area (Å²) in [7, 11) is 1.86. The molecular formula is C20H14BrN5O. The second-order valence-corrected chi connectivity index (χ2v) is 6.84. The summed E-state index contributed by atoms with van der Waals surface area (Å²) in [6.45, 7) is 0. The average Bonchev–Trinajstić information content (AvgIpc) is 3.03. The fourth-order valence-corrected chi connectivity index (χ4v) is 3.59. The molecule has 6 nitrogen and oxygen atoms in total. The first-order valence-corrected chi connectivity index (χ1v) is 9.05. The van der Waals surface area contributed by atoms with Crippen molar-refractivity contribution in [3.63, 3.8) is 0 Å². The molecule has 0 aliphatic heterocycles. The van der Waals surface area contributed by atoms with Crippen LogP contribution < -0.4 is 5.56 Å². The van der Waals surface area contributed by atoms with Gasteiger partial charge in [0, 0.05) is 12.6 Å². The van der Waals surface area contributed by atoms with Crippen LogP contribution in [0.5, 0.6) is 0 Å². The summed E-state index contributed by atoms with van der Waals surface area (Å²) in [6.07, 6.45) is 1.55. The fourth-order valence-electron chi connectivity index (χ4n) is 3.09. The number of para-hydroxylation sites is 3. The van der Waals surface area contributed by atoms with Crippen LogP contribution in [0.15, 0.2) is 70.1 Å². The number of rotatable bonds is 3. The molecule has 0 saturated carbocycles. The van der Waals surface area contributed by atoms with Crippen LogP contribution in [0.4, 0.5) is 0 Å². The van der Waals surface area contributed by atoms with Crippen molar-refractivity contribution in [2.45, 2.75) is 5.92 Å². The molecule has 0 bridgehead atoms. The van der Waals surface area contributed by atoms with Crippen LogP contribution >= 0.6 is 15.9 Å². The summed E-state index contributed by atoms with van der Waals surface area (Å²) in [5.41, 5.74) is 2.56. The van der Waals surface area contributed by atoms with Crippen LogP contribution in [0.3, 0.4) is 0 Å². The lowest BCUT2D eigenvalue weighted by atomic mass is 10.0. The van der Waals surface area contributed by atoms with Crippen molar-refractivity contribution < 1.29 is 0 Å². The van der Waals surface area contributed by atoms with Crippen LogP contribution in [-0.4, -0.2) is 19.3 Å². The van der Waals surface area contributed by atoms with Crippen molar-refractivity contribution in [1.82, 2.24) is 19.3 Å². The molecule has 7 heteroatoms. The Morgan fingerprint density at radius 3 is 2.52 bits per heavy atom. The standard InChI is InChI=1S/C20H14BrN5O/c1-25-17-10-6-5-9-16(17)24-19(25)14(11-22)15-12-23-26(20(27)18(15)21)13-7-3-2-4-8-13/h2-10,12,14H,1H3. The Kier molecular flexibility index (Phi) is 4.34. The van der Waals surface area contributed by atoms with Crippen LogP contribution in [0, 0.1) is 11.3 Å². The van der Waals surface area contributed by atoms with Gasteiger partial charge in [-0.15, -0.1) is 0 Å². The highest BCUT2D eigenvalue weighted by Crippen LogP contribution is 2.29. The molecule has 0 N–H and O–H groups in total. The monoisotopic (exact) mass is 419 g/mol. The van der Waals surface area contributed by atoms with E-state index in [4.69, 9.17) is 0 Å². The van der Waals surface area contributed by atoms with E-state index in [9.17, 15) is 10.1 Å². The molecule has 132 valence electrons. The highest BCUT2D eigenvalue weighted by molar-refractivity contribution is 9.10. The topological polar surface area (TPSA) is 76.5 Å². The van der Waals surface area contributed by atoms with E-state index in [1.807, 2.05) is 54.1 Å². The van der Waals surface area contributed by atoms with Gasteiger partial charge in [-0.05, 0) is 40.2 Å². The van der Waals surface area contributed by atoms with Crippen molar-refractivity contribution in [2.24, 2.45) is 7.05 Å². The minimum atomic E-state index is -0.720. The number of aryl methyl sites for hydroxylation is 1. The smallest absolute Gasteiger partial charge is 0.286 e. The molecule has 27 heavy (non-hydrogen) atoms. The lowest BCUT2D eigenvalue weighted by Crippen LogP contribution is -2.24. The van der Waals surface area contributed by atoms with Gasteiger partial charge in [0.2, 0.25) is 0 Å². The second kappa shape index (κ2) is 6.82. The van der Waals surface area contributed by atoms with E-state index < -0.39 is 5.92 Å². The first-order chi connectivity index (χ1) is 13.1. The molecule has 0 radical (unpaired) electrons. The van der Waals surface area contributed by atoms with Gasteiger partial charge < -0.3 is 4.57 Å². The maximum atomic E-state index is 12.8. The molecule has 0 saturated heterocycles. The van der Waals surface area contributed by atoms with Crippen LogP contribution in [0.25, 0.3) is 16.7 Å². The zero-order valence-electron chi connectivity index (χ0n) is 14.4. The Morgan fingerprint density at radius 1 is 1.11 bits per heavy atom. The van der Waals surface area contributed by atoms with Crippen LogP contribution in [0.1, 0.15) is 17.3 Å². The number of nitriles is 1. The van der Waals surface area contributed by atoms with Gasteiger partial charge in [-0.1, -0.05) is 30.3 Å². The zero-order chi connectivity index (χ0) is 19.0. The molecule has 0 amide bonds. The molecule has 2 aromatic heterocycles. The van der Waals surface area contributed by atoms with E-state index in [-0.39, 0.29) is 5.56 Å². The molecule has 4 rings (SSSR count). The molecule has 0 aliphatic rings. The summed E-state index contributed by atoms with van der Waals surface area (Å²) < 4.78 is 3.48. The first kappa shape index (κ1) is 17.2. The number of imidazole rings is 1. The van der Waals surface area contributed by atoms with Crippen molar-refractivity contribution in [2.75, 3.05) is 0 Å². The number of aromatic nitrogens is 4.